The van der Waals surface area contributed by atoms with E-state index < -0.39 is 0 Å². The summed E-state index contributed by atoms with van der Waals surface area (Å²) < 4.78 is 0. The lowest BCUT2D eigenvalue weighted by atomic mass is 10.3. The number of benzene rings is 1. The second-order valence-corrected chi connectivity index (χ2v) is 5.93. The second-order valence-electron chi connectivity index (χ2n) is 4.73. The Bertz CT molecular complexity index is 802. The van der Waals surface area contributed by atoms with Crippen LogP contribution in [0.25, 0.3) is 10.6 Å². The van der Waals surface area contributed by atoms with Crippen LogP contribution < -0.4 is 10.8 Å². The van der Waals surface area contributed by atoms with Gasteiger partial charge in [-0.25, -0.2) is 15.0 Å². The van der Waals surface area contributed by atoms with Gasteiger partial charge in [0.1, 0.15) is 0 Å². The number of hydrogen-bond acceptors (Lipinski definition) is 7. The van der Waals surface area contributed by atoms with Crippen molar-refractivity contribution in [3.63, 3.8) is 0 Å². The highest BCUT2D eigenvalue weighted by atomic mass is 32.1. The van der Waals surface area contributed by atoms with Crippen molar-refractivity contribution in [2.75, 3.05) is 10.8 Å². The monoisotopic (exact) mass is 313 g/mol. The fourth-order valence-electron chi connectivity index (χ4n) is 2.11. The SMILES string of the molecule is Cc1nc(C)c(-c2ccnc(Nc3cccc(NO)c3)n2)s1. The molecule has 22 heavy (non-hydrogen) atoms. The summed E-state index contributed by atoms with van der Waals surface area (Å²) in [4.78, 5) is 14.2. The van der Waals surface area contributed by atoms with Crippen molar-refractivity contribution < 1.29 is 5.21 Å². The van der Waals surface area contributed by atoms with E-state index in [1.807, 2.05) is 32.0 Å². The highest BCUT2D eigenvalue weighted by Gasteiger charge is 2.10. The zero-order valence-corrected chi connectivity index (χ0v) is 13.0. The summed E-state index contributed by atoms with van der Waals surface area (Å²) in [6.07, 6.45) is 1.72. The second kappa shape index (κ2) is 6.08. The number of aryl methyl sites for hydroxylation is 2. The van der Waals surface area contributed by atoms with E-state index in [0.29, 0.717) is 11.6 Å². The van der Waals surface area contributed by atoms with Gasteiger partial charge < -0.3 is 5.32 Å². The van der Waals surface area contributed by atoms with Crippen LogP contribution in [0, 0.1) is 13.8 Å². The molecule has 0 atom stereocenters. The maximum absolute atomic E-state index is 8.94. The Kier molecular flexibility index (Phi) is 3.99. The van der Waals surface area contributed by atoms with Crippen molar-refractivity contribution in [1.29, 1.82) is 0 Å². The van der Waals surface area contributed by atoms with Gasteiger partial charge in [-0.15, -0.1) is 11.3 Å². The van der Waals surface area contributed by atoms with E-state index in [0.717, 1.165) is 27.0 Å². The molecule has 1 aromatic carbocycles. The predicted octanol–water partition coefficient (Wildman–Crippen LogP) is 3.76. The van der Waals surface area contributed by atoms with Crippen molar-refractivity contribution in [2.24, 2.45) is 0 Å². The Balaban J connectivity index is 1.89. The zero-order valence-electron chi connectivity index (χ0n) is 12.2. The third kappa shape index (κ3) is 3.05. The fraction of sp³-hybridized carbons (Fsp3) is 0.133. The minimum Gasteiger partial charge on any atom is -0.324 e. The minimum atomic E-state index is 0.498. The Labute approximate surface area is 131 Å². The molecule has 3 rings (SSSR count). The molecule has 7 heteroatoms. The average molecular weight is 313 g/mol. The molecule has 0 aliphatic rings. The molecule has 0 aliphatic carbocycles. The van der Waals surface area contributed by atoms with Gasteiger partial charge in [-0.3, -0.25) is 10.7 Å². The zero-order chi connectivity index (χ0) is 15.5. The third-order valence-corrected chi connectivity index (χ3v) is 4.13. The molecule has 0 radical (unpaired) electrons. The highest BCUT2D eigenvalue weighted by Crippen LogP contribution is 2.28. The van der Waals surface area contributed by atoms with Gasteiger partial charge in [-0.05, 0) is 38.1 Å². The summed E-state index contributed by atoms with van der Waals surface area (Å²) in [7, 11) is 0. The summed E-state index contributed by atoms with van der Waals surface area (Å²) in [5, 5.41) is 13.1. The molecule has 0 amide bonds. The van der Waals surface area contributed by atoms with Crippen molar-refractivity contribution in [3.8, 4) is 10.6 Å². The van der Waals surface area contributed by atoms with Gasteiger partial charge in [0.05, 0.1) is 27.0 Å². The molecule has 0 saturated heterocycles. The molecule has 3 N–H and O–H groups in total. The molecule has 0 fully saturated rings. The fourth-order valence-corrected chi connectivity index (χ4v) is 3.00. The molecular weight excluding hydrogens is 298 g/mol. The normalized spacial score (nSPS) is 10.5. The average Bonchev–Trinajstić information content (AvgIpc) is 2.86. The van der Waals surface area contributed by atoms with Gasteiger partial charge >= 0.3 is 0 Å². The van der Waals surface area contributed by atoms with E-state index in [1.165, 1.54) is 0 Å². The summed E-state index contributed by atoms with van der Waals surface area (Å²) in [6.45, 7) is 3.96. The summed E-state index contributed by atoms with van der Waals surface area (Å²) >= 11 is 1.62. The largest absolute Gasteiger partial charge is 0.324 e. The molecule has 0 bridgehead atoms. The smallest absolute Gasteiger partial charge is 0.227 e. The van der Waals surface area contributed by atoms with Gasteiger partial charge in [0.25, 0.3) is 0 Å². The van der Waals surface area contributed by atoms with Crippen LogP contribution in [0.2, 0.25) is 0 Å². The van der Waals surface area contributed by atoms with Crippen LogP contribution in [-0.2, 0) is 0 Å². The van der Waals surface area contributed by atoms with Gasteiger partial charge in [0.2, 0.25) is 5.95 Å². The first-order valence-electron chi connectivity index (χ1n) is 6.70. The van der Waals surface area contributed by atoms with Crippen LogP contribution in [0.15, 0.2) is 36.5 Å². The van der Waals surface area contributed by atoms with Gasteiger partial charge in [-0.1, -0.05) is 6.07 Å². The number of anilines is 3. The first kappa shape index (κ1) is 14.4. The number of aromatic nitrogens is 3. The lowest BCUT2D eigenvalue weighted by Crippen LogP contribution is -1.98. The molecule has 6 nitrogen and oxygen atoms in total. The number of nitrogens with one attached hydrogen (secondary N) is 2. The minimum absolute atomic E-state index is 0.498. The van der Waals surface area contributed by atoms with Gasteiger partial charge in [-0.2, -0.15) is 0 Å². The lowest BCUT2D eigenvalue weighted by Gasteiger charge is -2.07. The van der Waals surface area contributed by atoms with Crippen LogP contribution in [0.4, 0.5) is 17.3 Å². The van der Waals surface area contributed by atoms with Gasteiger partial charge in [0, 0.05) is 11.9 Å². The van der Waals surface area contributed by atoms with E-state index in [1.54, 1.807) is 29.7 Å². The summed E-state index contributed by atoms with van der Waals surface area (Å²) in [6, 6.07) is 9.08. The number of rotatable bonds is 4. The van der Waals surface area contributed by atoms with Crippen LogP contribution in [-0.4, -0.2) is 20.2 Å². The van der Waals surface area contributed by atoms with Crippen molar-refractivity contribution >= 4 is 28.7 Å². The van der Waals surface area contributed by atoms with Crippen molar-refractivity contribution in [2.45, 2.75) is 13.8 Å². The van der Waals surface area contributed by atoms with Crippen LogP contribution in [0.1, 0.15) is 10.7 Å². The van der Waals surface area contributed by atoms with Crippen LogP contribution in [0.5, 0.6) is 0 Å². The Hall–Kier alpha value is -2.51. The first-order chi connectivity index (χ1) is 10.7. The molecule has 0 saturated carbocycles. The quantitative estimate of drug-likeness (QED) is 0.636. The van der Waals surface area contributed by atoms with E-state index in [4.69, 9.17) is 5.21 Å². The Morgan fingerprint density at radius 1 is 1.09 bits per heavy atom. The standard InChI is InChI=1S/C15H15N5OS/c1-9-14(22-10(2)17-9)13-6-7-16-15(19-13)18-11-4-3-5-12(8-11)20-21/h3-8,20-21H,1-2H3,(H,16,18,19). The first-order valence-corrected chi connectivity index (χ1v) is 7.52. The number of thiazole rings is 1. The Morgan fingerprint density at radius 2 is 1.91 bits per heavy atom. The van der Waals surface area contributed by atoms with Crippen molar-refractivity contribution in [3.05, 3.63) is 47.2 Å². The van der Waals surface area contributed by atoms with Gasteiger partial charge in [0.15, 0.2) is 0 Å². The summed E-state index contributed by atoms with van der Waals surface area (Å²) in [5.74, 6) is 0.498. The van der Waals surface area contributed by atoms with E-state index >= 15 is 0 Å². The molecule has 3 aromatic rings. The molecule has 0 aliphatic heterocycles. The molecule has 0 spiro atoms. The summed E-state index contributed by atoms with van der Waals surface area (Å²) in [5.41, 5.74) is 5.31. The van der Waals surface area contributed by atoms with Crippen molar-refractivity contribution in [1.82, 2.24) is 15.0 Å². The highest BCUT2D eigenvalue weighted by molar-refractivity contribution is 7.15. The number of hydrogen-bond donors (Lipinski definition) is 3. The molecule has 2 aromatic heterocycles. The maximum Gasteiger partial charge on any atom is 0.227 e. The molecule has 2 heterocycles. The molecule has 0 unspecified atom stereocenters. The topological polar surface area (TPSA) is 83.0 Å². The lowest BCUT2D eigenvalue weighted by molar-refractivity contribution is 0.389. The molecule has 112 valence electrons. The molecular formula is C15H15N5OS. The number of nitrogens with zero attached hydrogens (tertiary/aromatic N) is 3. The third-order valence-electron chi connectivity index (χ3n) is 3.04. The maximum atomic E-state index is 8.94. The van der Waals surface area contributed by atoms with Crippen LogP contribution in [0.3, 0.4) is 0 Å². The van der Waals surface area contributed by atoms with E-state index in [-0.39, 0.29) is 0 Å². The Morgan fingerprint density at radius 3 is 2.64 bits per heavy atom. The predicted molar refractivity (Wildman–Crippen MR) is 87.7 cm³/mol. The van der Waals surface area contributed by atoms with Crippen LogP contribution >= 0.6 is 11.3 Å². The van der Waals surface area contributed by atoms with E-state index in [2.05, 4.69) is 25.7 Å². The van der Waals surface area contributed by atoms with E-state index in [9.17, 15) is 0 Å².